The van der Waals surface area contributed by atoms with Crippen LogP contribution >= 0.6 is 0 Å². The fraction of sp³-hybridized carbons (Fsp3) is 0.765. The van der Waals surface area contributed by atoms with Crippen LogP contribution in [0.3, 0.4) is 0 Å². The highest BCUT2D eigenvalue weighted by Crippen LogP contribution is 2.34. The zero-order valence-corrected chi connectivity index (χ0v) is 13.5. The molecule has 1 rings (SSSR count). The molecule has 0 spiro atoms. The Morgan fingerprint density at radius 3 is 2.73 bits per heavy atom. The van der Waals surface area contributed by atoms with Crippen LogP contribution in [0.15, 0.2) is 12.2 Å². The number of ketones is 1. The molecule has 126 valence electrons. The average molecular weight is 312 g/mol. The third kappa shape index (κ3) is 5.89. The van der Waals surface area contributed by atoms with Crippen LogP contribution in [0.5, 0.6) is 0 Å². The van der Waals surface area contributed by atoms with Gasteiger partial charge in [-0.2, -0.15) is 0 Å². The minimum absolute atomic E-state index is 0.0678. The van der Waals surface area contributed by atoms with Crippen molar-refractivity contribution in [2.75, 3.05) is 0 Å². The molecule has 0 bridgehead atoms. The molecule has 3 N–H and O–H groups in total. The molecule has 1 fully saturated rings. The fourth-order valence-electron chi connectivity index (χ4n) is 3.01. The second-order valence-corrected chi connectivity index (χ2v) is 6.59. The predicted molar refractivity (Wildman–Crippen MR) is 83.4 cm³/mol. The second-order valence-electron chi connectivity index (χ2n) is 6.59. The number of hydrogen-bond acceptors (Lipinski definition) is 4. The summed E-state index contributed by atoms with van der Waals surface area (Å²) in [5.74, 6) is -1.77. The smallest absolute Gasteiger partial charge is 0.303 e. The van der Waals surface area contributed by atoms with E-state index in [1.165, 1.54) is 0 Å². The molecule has 0 aliphatic heterocycles. The van der Waals surface area contributed by atoms with Crippen molar-refractivity contribution in [1.29, 1.82) is 0 Å². The number of unbranched alkanes of at least 4 members (excludes halogenated alkanes) is 1. The highest BCUT2D eigenvalue weighted by Gasteiger charge is 2.39. The van der Waals surface area contributed by atoms with Crippen LogP contribution in [0.2, 0.25) is 0 Å². The van der Waals surface area contributed by atoms with Gasteiger partial charge in [0.15, 0.2) is 0 Å². The molecule has 22 heavy (non-hydrogen) atoms. The summed E-state index contributed by atoms with van der Waals surface area (Å²) < 4.78 is 0. The van der Waals surface area contributed by atoms with E-state index in [9.17, 15) is 19.8 Å². The molecule has 0 heterocycles. The first-order valence-electron chi connectivity index (χ1n) is 8.08. The first-order valence-corrected chi connectivity index (χ1v) is 8.08. The number of carbonyl (C=O) groups excluding carboxylic acids is 1. The molecular weight excluding hydrogens is 284 g/mol. The van der Waals surface area contributed by atoms with Crippen LogP contribution in [-0.2, 0) is 9.59 Å². The third-order valence-electron chi connectivity index (χ3n) is 4.39. The van der Waals surface area contributed by atoms with Gasteiger partial charge >= 0.3 is 5.97 Å². The summed E-state index contributed by atoms with van der Waals surface area (Å²) in [7, 11) is 0. The minimum atomic E-state index is -0.931. The Labute approximate surface area is 132 Å². The Kier molecular flexibility index (Phi) is 7.23. The molecule has 1 aliphatic rings. The fourth-order valence-corrected chi connectivity index (χ4v) is 3.01. The van der Waals surface area contributed by atoms with Gasteiger partial charge in [0.1, 0.15) is 5.78 Å². The lowest BCUT2D eigenvalue weighted by atomic mass is 9.88. The van der Waals surface area contributed by atoms with Crippen molar-refractivity contribution in [2.45, 2.75) is 70.5 Å². The number of Topliss-reactive ketones (excluding diaryl/α,β-unsaturated/α-hetero) is 1. The Morgan fingerprint density at radius 1 is 1.45 bits per heavy atom. The predicted octanol–water partition coefficient (Wildman–Crippen LogP) is 2.30. The van der Waals surface area contributed by atoms with Crippen molar-refractivity contribution in [2.24, 2.45) is 11.8 Å². The Balaban J connectivity index is 2.61. The van der Waals surface area contributed by atoms with E-state index in [-0.39, 0.29) is 31.0 Å². The number of rotatable bonds is 9. The van der Waals surface area contributed by atoms with Crippen LogP contribution in [0, 0.1) is 11.8 Å². The van der Waals surface area contributed by atoms with Gasteiger partial charge in [-0.1, -0.05) is 31.9 Å². The number of carboxylic acid groups (broad SMARTS) is 1. The molecular formula is C17H28O5. The molecule has 1 saturated carbocycles. The zero-order valence-electron chi connectivity index (χ0n) is 13.5. The minimum Gasteiger partial charge on any atom is -0.481 e. The molecule has 0 amide bonds. The molecule has 0 aromatic rings. The summed E-state index contributed by atoms with van der Waals surface area (Å²) in [5, 5.41) is 29.0. The molecule has 4 atom stereocenters. The number of carbonyl (C=O) groups is 2. The molecule has 5 heteroatoms. The number of aliphatic hydroxyl groups excluding tert-OH is 1. The summed E-state index contributed by atoms with van der Waals surface area (Å²) in [6.07, 6.45) is 6.28. The third-order valence-corrected chi connectivity index (χ3v) is 4.39. The van der Waals surface area contributed by atoms with Gasteiger partial charge in [0.25, 0.3) is 0 Å². The lowest BCUT2D eigenvalue weighted by Gasteiger charge is -2.22. The van der Waals surface area contributed by atoms with Crippen LogP contribution in [0.4, 0.5) is 0 Å². The van der Waals surface area contributed by atoms with Crippen molar-refractivity contribution in [3.8, 4) is 0 Å². The maximum absolute atomic E-state index is 11.9. The number of hydrogen-bond donors (Lipinski definition) is 3. The molecule has 0 radical (unpaired) electrons. The lowest BCUT2D eigenvalue weighted by Crippen LogP contribution is -2.23. The van der Waals surface area contributed by atoms with Gasteiger partial charge in [-0.3, -0.25) is 9.59 Å². The first kappa shape index (κ1) is 18.8. The quantitative estimate of drug-likeness (QED) is 0.568. The van der Waals surface area contributed by atoms with Crippen LogP contribution in [-0.4, -0.2) is 38.8 Å². The van der Waals surface area contributed by atoms with Crippen LogP contribution in [0.1, 0.15) is 58.8 Å². The van der Waals surface area contributed by atoms with E-state index >= 15 is 0 Å². The van der Waals surface area contributed by atoms with Gasteiger partial charge in [0.2, 0.25) is 0 Å². The monoisotopic (exact) mass is 312 g/mol. The Hall–Kier alpha value is -1.20. The summed E-state index contributed by atoms with van der Waals surface area (Å²) in [6.45, 7) is 3.85. The molecule has 5 nitrogen and oxygen atoms in total. The van der Waals surface area contributed by atoms with Gasteiger partial charge in [0.05, 0.1) is 11.7 Å². The van der Waals surface area contributed by atoms with Crippen molar-refractivity contribution < 1.29 is 24.9 Å². The summed E-state index contributed by atoms with van der Waals surface area (Å²) in [6, 6.07) is 0. The zero-order chi connectivity index (χ0) is 16.8. The summed E-state index contributed by atoms with van der Waals surface area (Å²) in [5.41, 5.74) is -0.781. The van der Waals surface area contributed by atoms with E-state index in [0.717, 1.165) is 12.8 Å². The highest BCUT2D eigenvalue weighted by atomic mass is 16.4. The van der Waals surface area contributed by atoms with Gasteiger partial charge < -0.3 is 15.3 Å². The van der Waals surface area contributed by atoms with Gasteiger partial charge in [0, 0.05) is 24.7 Å². The normalized spacial score (nSPS) is 28.2. The second kappa shape index (κ2) is 8.44. The Bertz CT molecular complexity index is 413. The molecule has 0 aromatic carbocycles. The van der Waals surface area contributed by atoms with E-state index in [1.807, 2.05) is 6.08 Å². The standard InChI is InChI=1S/C17H28O5/c1-3-4-9-17(2,22)10-5-6-12-13(7-8-16(20)21)15(19)11-14(12)18/h5-6,12-14,18,22H,3-4,7-11H2,1-2H3,(H,20,21). The highest BCUT2D eigenvalue weighted by molar-refractivity contribution is 5.85. The molecule has 0 saturated heterocycles. The van der Waals surface area contributed by atoms with Gasteiger partial charge in [-0.05, 0) is 26.2 Å². The van der Waals surface area contributed by atoms with Crippen molar-refractivity contribution >= 4 is 11.8 Å². The van der Waals surface area contributed by atoms with E-state index in [1.54, 1.807) is 13.0 Å². The van der Waals surface area contributed by atoms with Gasteiger partial charge in [-0.15, -0.1) is 0 Å². The lowest BCUT2D eigenvalue weighted by molar-refractivity contribution is -0.137. The van der Waals surface area contributed by atoms with E-state index in [2.05, 4.69) is 6.92 Å². The SMILES string of the molecule is CCCCC(C)(O)CC=CC1C(O)CC(=O)C1CCC(=O)O. The topological polar surface area (TPSA) is 94.8 Å². The number of aliphatic hydroxyl groups is 2. The Morgan fingerprint density at radius 2 is 2.14 bits per heavy atom. The van der Waals surface area contributed by atoms with Crippen LogP contribution in [0.25, 0.3) is 0 Å². The summed E-state index contributed by atoms with van der Waals surface area (Å²) in [4.78, 5) is 22.5. The number of aliphatic carboxylic acids is 1. The maximum atomic E-state index is 11.9. The van der Waals surface area contributed by atoms with Crippen molar-refractivity contribution in [3.05, 3.63) is 12.2 Å². The summed E-state index contributed by atoms with van der Waals surface area (Å²) >= 11 is 0. The van der Waals surface area contributed by atoms with Gasteiger partial charge in [-0.25, -0.2) is 0 Å². The largest absolute Gasteiger partial charge is 0.481 e. The molecule has 4 unspecified atom stereocenters. The molecule has 0 aromatic heterocycles. The van der Waals surface area contributed by atoms with E-state index < -0.39 is 23.6 Å². The van der Waals surface area contributed by atoms with Crippen molar-refractivity contribution in [1.82, 2.24) is 0 Å². The van der Waals surface area contributed by atoms with Crippen LogP contribution < -0.4 is 0 Å². The first-order chi connectivity index (χ1) is 10.3. The molecule has 1 aliphatic carbocycles. The number of carboxylic acids is 1. The van der Waals surface area contributed by atoms with E-state index in [4.69, 9.17) is 5.11 Å². The maximum Gasteiger partial charge on any atom is 0.303 e. The van der Waals surface area contributed by atoms with E-state index in [0.29, 0.717) is 12.8 Å². The average Bonchev–Trinajstić information content (AvgIpc) is 2.68. The van der Waals surface area contributed by atoms with Crippen molar-refractivity contribution in [3.63, 3.8) is 0 Å².